The van der Waals surface area contributed by atoms with Gasteiger partial charge in [0.1, 0.15) is 0 Å². The maximum absolute atomic E-state index is 11.1. The van der Waals surface area contributed by atoms with E-state index in [0.29, 0.717) is 12.3 Å². The highest BCUT2D eigenvalue weighted by molar-refractivity contribution is 6.18. The molecule has 1 unspecified atom stereocenters. The number of carbonyl (C=O) groups excluding carboxylic acids is 1. The zero-order valence-electron chi connectivity index (χ0n) is 8.28. The lowest BCUT2D eigenvalue weighted by Crippen LogP contribution is -2.41. The molecule has 72 valence electrons. The minimum Gasteiger partial charge on any atom is -0.353 e. The highest BCUT2D eigenvalue weighted by Crippen LogP contribution is 2.18. The first-order chi connectivity index (χ1) is 5.38. The standard InChI is InChI=1S/C9H18ClNO/c1-7(9(2,3)4)11-8(12)5-6-10/h7H,5-6H2,1-4H3,(H,11,12). The van der Waals surface area contributed by atoms with Gasteiger partial charge in [-0.05, 0) is 12.3 Å². The molecule has 3 heteroatoms. The van der Waals surface area contributed by atoms with Crippen LogP contribution in [0.3, 0.4) is 0 Å². The molecule has 0 aliphatic carbocycles. The molecule has 1 amide bonds. The average Bonchev–Trinajstić information content (AvgIpc) is 1.85. The minimum atomic E-state index is 0.0347. The fraction of sp³-hybridized carbons (Fsp3) is 0.889. The summed E-state index contributed by atoms with van der Waals surface area (Å²) >= 11 is 5.43. The van der Waals surface area contributed by atoms with Crippen molar-refractivity contribution in [3.8, 4) is 0 Å². The molecule has 0 heterocycles. The van der Waals surface area contributed by atoms with E-state index in [0.717, 1.165) is 0 Å². The van der Waals surface area contributed by atoms with Crippen molar-refractivity contribution < 1.29 is 4.79 Å². The summed E-state index contributed by atoms with van der Waals surface area (Å²) in [5.41, 5.74) is 0.113. The van der Waals surface area contributed by atoms with Crippen molar-refractivity contribution in [1.29, 1.82) is 0 Å². The molecule has 0 aromatic heterocycles. The van der Waals surface area contributed by atoms with E-state index in [4.69, 9.17) is 11.6 Å². The SMILES string of the molecule is CC(NC(=O)CCCl)C(C)(C)C. The second-order valence-corrected chi connectivity index (χ2v) is 4.47. The predicted molar refractivity (Wildman–Crippen MR) is 52.4 cm³/mol. The monoisotopic (exact) mass is 191 g/mol. The molecule has 0 rings (SSSR count). The molecule has 0 aromatic carbocycles. The van der Waals surface area contributed by atoms with E-state index in [-0.39, 0.29) is 17.4 Å². The molecule has 0 bridgehead atoms. The van der Waals surface area contributed by atoms with Crippen LogP contribution in [0.4, 0.5) is 0 Å². The number of hydrogen-bond donors (Lipinski definition) is 1. The predicted octanol–water partition coefficient (Wildman–Crippen LogP) is 2.17. The second-order valence-electron chi connectivity index (χ2n) is 4.09. The van der Waals surface area contributed by atoms with Crippen LogP contribution >= 0.6 is 11.6 Å². The number of alkyl halides is 1. The van der Waals surface area contributed by atoms with Gasteiger partial charge in [-0.1, -0.05) is 20.8 Å². The first-order valence-corrected chi connectivity index (χ1v) is 4.76. The van der Waals surface area contributed by atoms with Gasteiger partial charge in [0.25, 0.3) is 0 Å². The Kier molecular flexibility index (Phi) is 4.61. The molecule has 0 aromatic rings. The smallest absolute Gasteiger partial charge is 0.221 e. The topological polar surface area (TPSA) is 29.1 Å². The van der Waals surface area contributed by atoms with Crippen molar-refractivity contribution in [2.45, 2.75) is 40.2 Å². The highest BCUT2D eigenvalue weighted by atomic mass is 35.5. The Labute approximate surface area is 79.7 Å². The van der Waals surface area contributed by atoms with Gasteiger partial charge in [0.05, 0.1) is 0 Å². The summed E-state index contributed by atoms with van der Waals surface area (Å²) in [5.74, 6) is 0.426. The zero-order valence-corrected chi connectivity index (χ0v) is 9.03. The molecule has 0 spiro atoms. The highest BCUT2D eigenvalue weighted by Gasteiger charge is 2.20. The molecule has 0 aliphatic heterocycles. The number of rotatable bonds is 3. The van der Waals surface area contributed by atoms with Crippen molar-refractivity contribution in [3.05, 3.63) is 0 Å². The molecule has 0 saturated carbocycles. The third kappa shape index (κ3) is 4.60. The first kappa shape index (κ1) is 11.8. The van der Waals surface area contributed by atoms with E-state index in [2.05, 4.69) is 26.1 Å². The van der Waals surface area contributed by atoms with E-state index < -0.39 is 0 Å². The summed E-state index contributed by atoms with van der Waals surface area (Å²) < 4.78 is 0. The molecule has 0 saturated heterocycles. The zero-order chi connectivity index (χ0) is 9.78. The van der Waals surface area contributed by atoms with Crippen LogP contribution < -0.4 is 5.32 Å². The van der Waals surface area contributed by atoms with E-state index in [1.165, 1.54) is 0 Å². The van der Waals surface area contributed by atoms with E-state index in [1.54, 1.807) is 0 Å². The summed E-state index contributed by atoms with van der Waals surface area (Å²) in [6.45, 7) is 8.29. The summed E-state index contributed by atoms with van der Waals surface area (Å²) in [7, 11) is 0. The largest absolute Gasteiger partial charge is 0.353 e. The Hall–Kier alpha value is -0.240. The number of amides is 1. The lowest BCUT2D eigenvalue weighted by Gasteiger charge is -2.27. The van der Waals surface area contributed by atoms with Crippen molar-refractivity contribution in [2.75, 3.05) is 5.88 Å². The number of nitrogens with one attached hydrogen (secondary N) is 1. The summed E-state index contributed by atoms with van der Waals surface area (Å²) in [6.07, 6.45) is 0.405. The van der Waals surface area contributed by atoms with E-state index >= 15 is 0 Å². The Morgan fingerprint density at radius 1 is 1.50 bits per heavy atom. The maximum Gasteiger partial charge on any atom is 0.221 e. The molecular weight excluding hydrogens is 174 g/mol. The Morgan fingerprint density at radius 2 is 2.00 bits per heavy atom. The van der Waals surface area contributed by atoms with Crippen LogP contribution in [0.1, 0.15) is 34.1 Å². The lowest BCUT2D eigenvalue weighted by molar-refractivity contribution is -0.122. The van der Waals surface area contributed by atoms with Gasteiger partial charge in [-0.3, -0.25) is 4.79 Å². The molecule has 12 heavy (non-hydrogen) atoms. The van der Waals surface area contributed by atoms with E-state index in [1.807, 2.05) is 6.92 Å². The molecular formula is C9H18ClNO. The molecule has 1 N–H and O–H groups in total. The third-order valence-electron chi connectivity index (χ3n) is 2.00. The van der Waals surface area contributed by atoms with Gasteiger partial charge in [0.2, 0.25) is 5.91 Å². The van der Waals surface area contributed by atoms with Crippen LogP contribution in [0.25, 0.3) is 0 Å². The Balaban J connectivity index is 3.84. The number of halogens is 1. The lowest BCUT2D eigenvalue weighted by atomic mass is 9.88. The van der Waals surface area contributed by atoms with Gasteiger partial charge in [-0.15, -0.1) is 11.6 Å². The normalized spacial score (nSPS) is 14.1. The fourth-order valence-corrected chi connectivity index (χ4v) is 0.788. The summed E-state index contributed by atoms with van der Waals surface area (Å²) in [4.78, 5) is 11.1. The van der Waals surface area contributed by atoms with Crippen LogP contribution in [-0.2, 0) is 4.79 Å². The van der Waals surface area contributed by atoms with Crippen LogP contribution in [0.2, 0.25) is 0 Å². The van der Waals surface area contributed by atoms with Gasteiger partial charge in [-0.25, -0.2) is 0 Å². The van der Waals surface area contributed by atoms with Crippen LogP contribution in [-0.4, -0.2) is 17.8 Å². The van der Waals surface area contributed by atoms with Crippen LogP contribution in [0, 0.1) is 5.41 Å². The van der Waals surface area contributed by atoms with Gasteiger partial charge in [-0.2, -0.15) is 0 Å². The maximum atomic E-state index is 11.1. The van der Waals surface area contributed by atoms with Gasteiger partial charge >= 0.3 is 0 Å². The minimum absolute atomic E-state index is 0.0347. The average molecular weight is 192 g/mol. The van der Waals surface area contributed by atoms with Crippen LogP contribution in [0.5, 0.6) is 0 Å². The summed E-state index contributed by atoms with van der Waals surface area (Å²) in [5, 5.41) is 2.90. The third-order valence-corrected chi connectivity index (χ3v) is 2.19. The van der Waals surface area contributed by atoms with Crippen molar-refractivity contribution in [1.82, 2.24) is 5.32 Å². The number of hydrogen-bond acceptors (Lipinski definition) is 1. The first-order valence-electron chi connectivity index (χ1n) is 4.23. The Morgan fingerprint density at radius 3 is 2.33 bits per heavy atom. The molecule has 0 fully saturated rings. The second kappa shape index (κ2) is 4.70. The van der Waals surface area contributed by atoms with Crippen molar-refractivity contribution >= 4 is 17.5 Å². The molecule has 0 aliphatic rings. The quantitative estimate of drug-likeness (QED) is 0.681. The molecule has 2 nitrogen and oxygen atoms in total. The fourth-order valence-electron chi connectivity index (χ4n) is 0.616. The molecule has 0 radical (unpaired) electrons. The summed E-state index contributed by atoms with van der Waals surface area (Å²) in [6, 6.07) is 0.188. The van der Waals surface area contributed by atoms with E-state index in [9.17, 15) is 4.79 Å². The van der Waals surface area contributed by atoms with Crippen LogP contribution in [0.15, 0.2) is 0 Å². The van der Waals surface area contributed by atoms with Gasteiger partial charge in [0.15, 0.2) is 0 Å². The van der Waals surface area contributed by atoms with Crippen molar-refractivity contribution in [3.63, 3.8) is 0 Å². The Bertz CT molecular complexity index is 151. The van der Waals surface area contributed by atoms with Gasteiger partial charge in [0, 0.05) is 18.3 Å². The molecule has 1 atom stereocenters. The van der Waals surface area contributed by atoms with Gasteiger partial charge < -0.3 is 5.32 Å². The number of carbonyl (C=O) groups is 1. The van der Waals surface area contributed by atoms with Crippen molar-refractivity contribution in [2.24, 2.45) is 5.41 Å².